The first kappa shape index (κ1) is 9.39. The van der Waals surface area contributed by atoms with Crippen LogP contribution in [-0.2, 0) is 0 Å². The van der Waals surface area contributed by atoms with Gasteiger partial charge in [0.15, 0.2) is 11.6 Å². The topological polar surface area (TPSA) is 0 Å². The van der Waals surface area contributed by atoms with Crippen molar-refractivity contribution in [3.05, 3.63) is 35.1 Å². The second-order valence-electron chi connectivity index (χ2n) is 2.41. The Morgan fingerprint density at radius 3 is 2.33 bits per heavy atom. The third-order valence-corrected chi connectivity index (χ3v) is 1.68. The lowest BCUT2D eigenvalue weighted by Crippen LogP contribution is -1.96. The molecule has 0 radical (unpaired) electrons. The van der Waals surface area contributed by atoms with Crippen LogP contribution in [0.25, 0.3) is 0 Å². The van der Waals surface area contributed by atoms with E-state index in [0.29, 0.717) is 6.07 Å². The quantitative estimate of drug-likeness (QED) is 0.475. The molecule has 0 aliphatic carbocycles. The van der Waals surface area contributed by atoms with E-state index in [9.17, 15) is 13.2 Å². The maximum absolute atomic E-state index is 12.8. The first-order chi connectivity index (χ1) is 5.52. The molecule has 0 aromatic heterocycles. The lowest BCUT2D eigenvalue weighted by Gasteiger charge is -2.05. The van der Waals surface area contributed by atoms with E-state index in [1.165, 1.54) is 6.92 Å². The Morgan fingerprint density at radius 2 is 1.83 bits per heavy atom. The lowest BCUT2D eigenvalue weighted by atomic mass is 10.1. The van der Waals surface area contributed by atoms with Crippen LogP contribution in [0.4, 0.5) is 13.2 Å². The van der Waals surface area contributed by atoms with Crippen molar-refractivity contribution < 1.29 is 13.2 Å². The van der Waals surface area contributed by atoms with Crippen molar-refractivity contribution in [3.8, 4) is 0 Å². The third kappa shape index (κ3) is 1.72. The SMILES string of the molecule is CC(Cl)c1cc(F)cc(F)c1F. The van der Waals surface area contributed by atoms with Gasteiger partial charge >= 0.3 is 0 Å². The van der Waals surface area contributed by atoms with E-state index in [4.69, 9.17) is 11.6 Å². The molecule has 0 aliphatic heterocycles. The largest absolute Gasteiger partial charge is 0.207 e. The molecule has 0 nitrogen and oxygen atoms in total. The molecule has 1 unspecified atom stereocenters. The third-order valence-electron chi connectivity index (χ3n) is 1.45. The van der Waals surface area contributed by atoms with Crippen LogP contribution >= 0.6 is 11.6 Å². The molecule has 0 spiro atoms. The summed E-state index contributed by atoms with van der Waals surface area (Å²) in [4.78, 5) is 0. The van der Waals surface area contributed by atoms with Crippen molar-refractivity contribution in [2.24, 2.45) is 0 Å². The molecule has 0 heterocycles. The molecule has 0 amide bonds. The molecule has 66 valence electrons. The molecule has 1 atom stereocenters. The van der Waals surface area contributed by atoms with Gasteiger partial charge in [-0.05, 0) is 13.0 Å². The van der Waals surface area contributed by atoms with Crippen molar-refractivity contribution in [2.75, 3.05) is 0 Å². The number of rotatable bonds is 1. The van der Waals surface area contributed by atoms with Gasteiger partial charge in [-0.3, -0.25) is 0 Å². The zero-order valence-electron chi connectivity index (χ0n) is 6.24. The van der Waals surface area contributed by atoms with Gasteiger partial charge in [-0.15, -0.1) is 11.6 Å². The van der Waals surface area contributed by atoms with Gasteiger partial charge in [0.2, 0.25) is 0 Å². The summed E-state index contributed by atoms with van der Waals surface area (Å²) in [5.74, 6) is -3.12. The molecule has 1 aromatic carbocycles. The minimum Gasteiger partial charge on any atom is -0.207 e. The lowest BCUT2D eigenvalue weighted by molar-refractivity contribution is 0.485. The summed E-state index contributed by atoms with van der Waals surface area (Å²) in [5.41, 5.74) is -0.158. The van der Waals surface area contributed by atoms with Crippen molar-refractivity contribution >= 4 is 11.6 Å². The Hall–Kier alpha value is -0.700. The van der Waals surface area contributed by atoms with Crippen LogP contribution in [-0.4, -0.2) is 0 Å². The second-order valence-corrected chi connectivity index (χ2v) is 3.06. The molecule has 1 aromatic rings. The summed E-state index contributed by atoms with van der Waals surface area (Å²) in [6, 6.07) is 1.37. The van der Waals surface area contributed by atoms with E-state index in [1.807, 2.05) is 0 Å². The highest BCUT2D eigenvalue weighted by Gasteiger charge is 2.14. The van der Waals surface area contributed by atoms with E-state index >= 15 is 0 Å². The molecule has 0 N–H and O–H groups in total. The summed E-state index contributed by atoms with van der Waals surface area (Å²) >= 11 is 5.48. The monoisotopic (exact) mass is 194 g/mol. The highest BCUT2D eigenvalue weighted by molar-refractivity contribution is 6.20. The Labute approximate surface area is 73.0 Å². The first-order valence-corrected chi connectivity index (χ1v) is 3.74. The maximum atomic E-state index is 12.8. The fourth-order valence-corrected chi connectivity index (χ4v) is 1.02. The zero-order chi connectivity index (χ0) is 9.30. The van der Waals surface area contributed by atoms with Crippen LogP contribution in [0.2, 0.25) is 0 Å². The summed E-state index contributed by atoms with van der Waals surface area (Å²) < 4.78 is 37.8. The predicted molar refractivity (Wildman–Crippen MR) is 40.6 cm³/mol. The molecule has 0 bridgehead atoms. The maximum Gasteiger partial charge on any atom is 0.163 e. The fraction of sp³-hybridized carbons (Fsp3) is 0.250. The second kappa shape index (κ2) is 3.35. The summed E-state index contributed by atoms with van der Waals surface area (Å²) in [5, 5.41) is -0.741. The van der Waals surface area contributed by atoms with Crippen LogP contribution in [0.1, 0.15) is 17.9 Å². The summed E-state index contributed by atoms with van der Waals surface area (Å²) in [6.07, 6.45) is 0. The molecule has 0 aliphatic rings. The van der Waals surface area contributed by atoms with Gasteiger partial charge in [-0.2, -0.15) is 0 Å². The number of benzene rings is 1. The van der Waals surface area contributed by atoms with Gasteiger partial charge in [0.1, 0.15) is 5.82 Å². The van der Waals surface area contributed by atoms with E-state index < -0.39 is 22.8 Å². The van der Waals surface area contributed by atoms with Crippen molar-refractivity contribution in [1.29, 1.82) is 0 Å². The molecule has 1 rings (SSSR count). The minimum atomic E-state index is -1.21. The average Bonchev–Trinajstić information content (AvgIpc) is 1.96. The minimum absolute atomic E-state index is 0.158. The summed E-state index contributed by atoms with van der Waals surface area (Å²) in [7, 11) is 0. The molecule has 4 heteroatoms. The fourth-order valence-electron chi connectivity index (χ4n) is 0.865. The Morgan fingerprint density at radius 1 is 1.25 bits per heavy atom. The van der Waals surface area contributed by atoms with Crippen LogP contribution in [0.3, 0.4) is 0 Å². The van der Waals surface area contributed by atoms with Gasteiger partial charge < -0.3 is 0 Å². The van der Waals surface area contributed by atoms with E-state index in [2.05, 4.69) is 0 Å². The van der Waals surface area contributed by atoms with Crippen molar-refractivity contribution in [2.45, 2.75) is 12.3 Å². The van der Waals surface area contributed by atoms with Gasteiger partial charge in [-0.25, -0.2) is 13.2 Å². The van der Waals surface area contributed by atoms with E-state index in [1.54, 1.807) is 0 Å². The molecule has 0 fully saturated rings. The van der Waals surface area contributed by atoms with Gasteiger partial charge in [0.05, 0.1) is 5.38 Å². The van der Waals surface area contributed by atoms with E-state index in [-0.39, 0.29) is 5.56 Å². The first-order valence-electron chi connectivity index (χ1n) is 3.31. The number of halogens is 4. The normalized spacial score (nSPS) is 13.1. The standard InChI is InChI=1S/C8H6ClF3/c1-4(9)6-2-5(10)3-7(11)8(6)12/h2-4H,1H3. The number of hydrogen-bond acceptors (Lipinski definition) is 0. The predicted octanol–water partition coefficient (Wildman–Crippen LogP) is 3.40. The Balaban J connectivity index is 3.28. The number of alkyl halides is 1. The number of hydrogen-bond donors (Lipinski definition) is 0. The van der Waals surface area contributed by atoms with E-state index in [0.717, 1.165) is 6.07 Å². The van der Waals surface area contributed by atoms with Crippen LogP contribution in [0.5, 0.6) is 0 Å². The molecule has 0 saturated heterocycles. The summed E-state index contributed by atoms with van der Waals surface area (Å²) in [6.45, 7) is 1.44. The molecule has 0 saturated carbocycles. The smallest absolute Gasteiger partial charge is 0.163 e. The van der Waals surface area contributed by atoms with Gasteiger partial charge in [0.25, 0.3) is 0 Å². The molecular weight excluding hydrogens is 189 g/mol. The zero-order valence-corrected chi connectivity index (χ0v) is 7.00. The molecule has 12 heavy (non-hydrogen) atoms. The highest BCUT2D eigenvalue weighted by Crippen LogP contribution is 2.24. The average molecular weight is 195 g/mol. The van der Waals surface area contributed by atoms with Gasteiger partial charge in [0, 0.05) is 11.6 Å². The van der Waals surface area contributed by atoms with Crippen LogP contribution in [0, 0.1) is 17.5 Å². The van der Waals surface area contributed by atoms with Crippen LogP contribution < -0.4 is 0 Å². The van der Waals surface area contributed by atoms with Crippen LogP contribution in [0.15, 0.2) is 12.1 Å². The highest BCUT2D eigenvalue weighted by atomic mass is 35.5. The van der Waals surface area contributed by atoms with Crippen molar-refractivity contribution in [3.63, 3.8) is 0 Å². The molecular formula is C8H6ClF3. The Bertz CT molecular complexity index is 297. The Kier molecular flexibility index (Phi) is 2.62. The van der Waals surface area contributed by atoms with Crippen molar-refractivity contribution in [1.82, 2.24) is 0 Å². The van der Waals surface area contributed by atoms with Gasteiger partial charge in [-0.1, -0.05) is 0 Å².